The van der Waals surface area contributed by atoms with Crippen LogP contribution in [-0.2, 0) is 0 Å². The van der Waals surface area contributed by atoms with E-state index in [4.69, 9.17) is 11.6 Å². The first-order valence-electron chi connectivity index (χ1n) is 8.51. The molecule has 0 amide bonds. The zero-order valence-electron chi connectivity index (χ0n) is 14.5. The Hall–Kier alpha value is -1.85. The Balaban J connectivity index is 0.00000210. The number of fused-ring (bicyclic) bond motifs is 2. The predicted octanol–water partition coefficient (Wildman–Crippen LogP) is 5.84. The average Bonchev–Trinajstić information content (AvgIpc) is 2.66. The lowest BCUT2D eigenvalue weighted by atomic mass is 10.2. The number of para-hydroxylation sites is 2. The summed E-state index contributed by atoms with van der Waals surface area (Å²) in [4.78, 5) is 4.62. The van der Waals surface area contributed by atoms with Crippen LogP contribution in [-0.4, -0.2) is 24.3 Å². The smallest absolute Gasteiger partial charge is 0.0891 e. The van der Waals surface area contributed by atoms with E-state index in [1.165, 1.54) is 9.79 Å². The van der Waals surface area contributed by atoms with Crippen molar-refractivity contribution in [3.05, 3.63) is 77.8 Å². The molecule has 0 radical (unpaired) electrons. The Morgan fingerprint density at radius 3 is 2.19 bits per heavy atom. The first-order valence-corrected chi connectivity index (χ1v) is 9.71. The van der Waals surface area contributed by atoms with Gasteiger partial charge in [0.05, 0.1) is 24.0 Å². The number of hydrogen-bond acceptors (Lipinski definition) is 4. The second-order valence-corrected chi connectivity index (χ2v) is 7.71. The van der Waals surface area contributed by atoms with E-state index in [1.807, 2.05) is 36.4 Å². The maximum absolute atomic E-state index is 10.6. The van der Waals surface area contributed by atoms with Gasteiger partial charge < -0.3 is 15.3 Å². The third-order valence-electron chi connectivity index (χ3n) is 4.29. The number of aliphatic hydroxyl groups excluding tert-OH is 1. The van der Waals surface area contributed by atoms with Crippen molar-refractivity contribution in [1.82, 2.24) is 0 Å². The van der Waals surface area contributed by atoms with Gasteiger partial charge in [0.15, 0.2) is 0 Å². The molecule has 4 rings (SSSR count). The molecule has 1 unspecified atom stereocenters. The molecule has 0 aliphatic carbocycles. The van der Waals surface area contributed by atoms with Gasteiger partial charge in [-0.25, -0.2) is 0 Å². The zero-order valence-corrected chi connectivity index (χ0v) is 16.9. The van der Waals surface area contributed by atoms with Crippen molar-refractivity contribution >= 4 is 52.8 Å². The van der Waals surface area contributed by atoms with Crippen LogP contribution in [0.1, 0.15) is 0 Å². The standard InChI is InChI=1S/C21H19ClN2OS.ClH/c22-15-6-5-7-16(12-15)23-13-17(25)14-24-18-8-1-3-10-20(18)26-21-11-4-2-9-19(21)24;/h1-12,17,23,25H,13-14H2;1H. The second kappa shape index (κ2) is 8.89. The largest absolute Gasteiger partial charge is 0.389 e. The van der Waals surface area contributed by atoms with Crippen LogP contribution in [0.3, 0.4) is 0 Å². The van der Waals surface area contributed by atoms with Crippen LogP contribution in [0.15, 0.2) is 82.6 Å². The Labute approximate surface area is 174 Å². The number of hydrogen-bond donors (Lipinski definition) is 2. The summed E-state index contributed by atoms with van der Waals surface area (Å²) in [6.45, 7) is 0.969. The lowest BCUT2D eigenvalue weighted by molar-refractivity contribution is 0.195. The fourth-order valence-electron chi connectivity index (χ4n) is 3.09. The van der Waals surface area contributed by atoms with Gasteiger partial charge in [0, 0.05) is 27.0 Å². The van der Waals surface area contributed by atoms with Crippen LogP contribution < -0.4 is 10.2 Å². The Kier molecular flexibility index (Phi) is 6.55. The Morgan fingerprint density at radius 1 is 0.926 bits per heavy atom. The molecule has 3 nitrogen and oxygen atoms in total. The molecule has 0 aromatic heterocycles. The SMILES string of the molecule is Cl.OC(CNc1cccc(Cl)c1)CN1c2ccccc2Sc2ccccc21. The van der Waals surface area contributed by atoms with Gasteiger partial charge in [0.25, 0.3) is 0 Å². The maximum atomic E-state index is 10.6. The number of halogens is 2. The number of anilines is 3. The van der Waals surface area contributed by atoms with E-state index in [9.17, 15) is 5.11 Å². The minimum Gasteiger partial charge on any atom is -0.389 e. The summed E-state index contributed by atoms with van der Waals surface area (Å²) in [6, 6.07) is 24.2. The van der Waals surface area contributed by atoms with E-state index in [0.29, 0.717) is 18.1 Å². The molecule has 3 aromatic carbocycles. The van der Waals surface area contributed by atoms with E-state index < -0.39 is 6.10 Å². The number of rotatable bonds is 5. The molecule has 0 saturated carbocycles. The highest BCUT2D eigenvalue weighted by atomic mass is 35.5. The van der Waals surface area contributed by atoms with Gasteiger partial charge in [-0.3, -0.25) is 0 Å². The molecule has 0 spiro atoms. The summed E-state index contributed by atoms with van der Waals surface area (Å²) in [5.41, 5.74) is 3.18. The molecule has 6 heteroatoms. The normalized spacial score (nSPS) is 13.2. The van der Waals surface area contributed by atoms with Gasteiger partial charge in [-0.05, 0) is 42.5 Å². The monoisotopic (exact) mass is 418 g/mol. The highest BCUT2D eigenvalue weighted by molar-refractivity contribution is 7.99. The molecule has 1 heterocycles. The van der Waals surface area contributed by atoms with Gasteiger partial charge >= 0.3 is 0 Å². The average molecular weight is 419 g/mol. The Bertz CT molecular complexity index is 876. The molecule has 1 aliphatic heterocycles. The molecule has 0 bridgehead atoms. The number of nitrogens with zero attached hydrogens (tertiary/aromatic N) is 1. The molecule has 1 atom stereocenters. The number of nitrogens with one attached hydrogen (secondary N) is 1. The molecule has 3 aromatic rings. The van der Waals surface area contributed by atoms with Gasteiger partial charge in [0.1, 0.15) is 0 Å². The molecular weight excluding hydrogens is 399 g/mol. The van der Waals surface area contributed by atoms with Gasteiger partial charge in [-0.2, -0.15) is 0 Å². The van der Waals surface area contributed by atoms with Crippen molar-refractivity contribution in [2.75, 3.05) is 23.3 Å². The van der Waals surface area contributed by atoms with E-state index in [0.717, 1.165) is 17.1 Å². The fraction of sp³-hybridized carbons (Fsp3) is 0.143. The minimum absolute atomic E-state index is 0. The second-order valence-electron chi connectivity index (χ2n) is 6.19. The molecule has 27 heavy (non-hydrogen) atoms. The number of β-amino-alcohol motifs (C(OH)–C–C–N with tert-alkyl or cyclic N) is 1. The summed E-state index contributed by atoms with van der Waals surface area (Å²) < 4.78 is 0. The summed E-state index contributed by atoms with van der Waals surface area (Å²) in [7, 11) is 0. The van der Waals surface area contributed by atoms with E-state index in [1.54, 1.807) is 11.8 Å². The van der Waals surface area contributed by atoms with Crippen molar-refractivity contribution in [1.29, 1.82) is 0 Å². The van der Waals surface area contributed by atoms with E-state index in [2.05, 4.69) is 46.6 Å². The van der Waals surface area contributed by atoms with Crippen LogP contribution >= 0.6 is 35.8 Å². The van der Waals surface area contributed by atoms with Crippen LogP contribution in [0.4, 0.5) is 17.1 Å². The predicted molar refractivity (Wildman–Crippen MR) is 117 cm³/mol. The van der Waals surface area contributed by atoms with Gasteiger partial charge in [0.2, 0.25) is 0 Å². The van der Waals surface area contributed by atoms with E-state index in [-0.39, 0.29) is 12.4 Å². The van der Waals surface area contributed by atoms with Crippen molar-refractivity contribution in [2.24, 2.45) is 0 Å². The molecule has 1 aliphatic rings. The van der Waals surface area contributed by atoms with Gasteiger partial charge in [-0.1, -0.05) is 53.7 Å². The van der Waals surface area contributed by atoms with Crippen molar-refractivity contribution < 1.29 is 5.11 Å². The highest BCUT2D eigenvalue weighted by Crippen LogP contribution is 2.47. The zero-order chi connectivity index (χ0) is 17.9. The summed E-state index contributed by atoms with van der Waals surface area (Å²) >= 11 is 7.79. The summed E-state index contributed by atoms with van der Waals surface area (Å²) in [6.07, 6.45) is -0.529. The topological polar surface area (TPSA) is 35.5 Å². The quantitative estimate of drug-likeness (QED) is 0.545. The first-order chi connectivity index (χ1) is 12.7. The van der Waals surface area contributed by atoms with Gasteiger partial charge in [-0.15, -0.1) is 12.4 Å². The molecule has 0 fully saturated rings. The van der Waals surface area contributed by atoms with Crippen molar-refractivity contribution in [2.45, 2.75) is 15.9 Å². The van der Waals surface area contributed by atoms with Crippen LogP contribution in [0.25, 0.3) is 0 Å². The lowest BCUT2D eigenvalue weighted by Gasteiger charge is -2.34. The molecule has 0 saturated heterocycles. The number of aliphatic hydroxyl groups is 1. The van der Waals surface area contributed by atoms with Crippen LogP contribution in [0.5, 0.6) is 0 Å². The summed E-state index contributed by atoms with van der Waals surface area (Å²) in [5.74, 6) is 0. The highest BCUT2D eigenvalue weighted by Gasteiger charge is 2.24. The molecule has 2 N–H and O–H groups in total. The van der Waals surface area contributed by atoms with Crippen LogP contribution in [0, 0.1) is 0 Å². The summed E-state index contributed by atoms with van der Waals surface area (Å²) in [5, 5.41) is 14.6. The van der Waals surface area contributed by atoms with Crippen LogP contribution in [0.2, 0.25) is 5.02 Å². The molecular formula is C21H20Cl2N2OS. The minimum atomic E-state index is -0.529. The Morgan fingerprint density at radius 2 is 1.56 bits per heavy atom. The molecule has 140 valence electrons. The number of benzene rings is 3. The lowest BCUT2D eigenvalue weighted by Crippen LogP contribution is -2.34. The third-order valence-corrected chi connectivity index (χ3v) is 5.66. The van der Waals surface area contributed by atoms with Crippen molar-refractivity contribution in [3.63, 3.8) is 0 Å². The van der Waals surface area contributed by atoms with E-state index >= 15 is 0 Å². The third kappa shape index (κ3) is 4.53. The fourth-order valence-corrected chi connectivity index (χ4v) is 4.37. The van der Waals surface area contributed by atoms with Crippen molar-refractivity contribution in [3.8, 4) is 0 Å². The first kappa shape index (κ1) is 19.9. The maximum Gasteiger partial charge on any atom is 0.0891 e.